The fourth-order valence-electron chi connectivity index (χ4n) is 1.23. The molecule has 1 rings (SSSR count). The maximum Gasteiger partial charge on any atom is 0.415 e. The molecule has 0 aliphatic heterocycles. The summed E-state index contributed by atoms with van der Waals surface area (Å²) in [5, 5.41) is 12.5. The number of carbonyl (C=O) groups excluding carboxylic acids is 1. The van der Waals surface area contributed by atoms with Gasteiger partial charge in [0.15, 0.2) is 5.54 Å². The molecule has 0 bridgehead atoms. The number of rotatable bonds is 4. The van der Waals surface area contributed by atoms with E-state index in [2.05, 4.69) is 0 Å². The summed E-state index contributed by atoms with van der Waals surface area (Å²) >= 11 is 0. The van der Waals surface area contributed by atoms with Gasteiger partial charge in [-0.15, -0.1) is 0 Å². The molecule has 0 aromatic heterocycles. The molecule has 0 spiro atoms. The lowest BCUT2D eigenvalue weighted by Gasteiger charge is -2.26. The largest absolute Gasteiger partial charge is 0.415 e. The van der Waals surface area contributed by atoms with Gasteiger partial charge in [-0.1, -0.05) is 12.1 Å². The van der Waals surface area contributed by atoms with Crippen LogP contribution in [0.15, 0.2) is 24.3 Å². The average molecular weight is 291 g/mol. The summed E-state index contributed by atoms with van der Waals surface area (Å²) < 4.78 is 37.5. The van der Waals surface area contributed by atoms with Crippen LogP contribution in [0.3, 0.4) is 0 Å². The van der Waals surface area contributed by atoms with E-state index in [0.717, 1.165) is 0 Å². The highest BCUT2D eigenvalue weighted by Crippen LogP contribution is 2.28. The first-order valence-electron chi connectivity index (χ1n) is 5.43. The minimum absolute atomic E-state index is 0.154. The molecule has 0 saturated carbocycles. The van der Waals surface area contributed by atoms with E-state index in [0.29, 0.717) is 12.5 Å². The Morgan fingerprint density at radius 1 is 1.35 bits per heavy atom. The third-order valence-electron chi connectivity index (χ3n) is 2.66. The average Bonchev–Trinajstić information content (AvgIpc) is 2.34. The minimum Gasteiger partial charge on any atom is -0.350 e. The van der Waals surface area contributed by atoms with Crippen molar-refractivity contribution in [2.75, 3.05) is 0 Å². The van der Waals surface area contributed by atoms with E-state index in [-0.39, 0.29) is 12.2 Å². The molecule has 1 aromatic carbocycles. The van der Waals surface area contributed by atoms with Crippen LogP contribution in [0.5, 0.6) is 0 Å². The fraction of sp³-hybridized carbons (Fsp3) is 0.364. The van der Waals surface area contributed by atoms with Gasteiger partial charge < -0.3 is 11.1 Å². The summed E-state index contributed by atoms with van der Waals surface area (Å²) in [6.07, 6.45) is -4.87. The van der Waals surface area contributed by atoms with Crippen molar-refractivity contribution in [2.45, 2.75) is 25.2 Å². The van der Waals surface area contributed by atoms with Gasteiger partial charge in [-0.3, -0.25) is 14.9 Å². The van der Waals surface area contributed by atoms with Crippen LogP contribution in [-0.4, -0.2) is 22.5 Å². The van der Waals surface area contributed by atoms with Gasteiger partial charge in [0.05, 0.1) is 4.92 Å². The summed E-state index contributed by atoms with van der Waals surface area (Å²) in [7, 11) is 0. The Bertz CT molecular complexity index is 512. The summed E-state index contributed by atoms with van der Waals surface area (Å²) in [6, 6.07) is 5.04. The highest BCUT2D eigenvalue weighted by molar-refractivity contribution is 5.86. The molecule has 0 fully saturated rings. The van der Waals surface area contributed by atoms with Crippen LogP contribution in [0.2, 0.25) is 0 Å². The molecular formula is C11H12F3N3O3. The predicted octanol–water partition coefficient (Wildman–Crippen LogP) is 1.49. The van der Waals surface area contributed by atoms with Crippen molar-refractivity contribution in [3.63, 3.8) is 0 Å². The Balaban J connectivity index is 2.68. The number of nitrogens with zero attached hydrogens (tertiary/aromatic N) is 1. The highest BCUT2D eigenvalue weighted by atomic mass is 19.4. The summed E-state index contributed by atoms with van der Waals surface area (Å²) in [5.41, 5.74) is 2.21. The molecule has 0 aliphatic rings. The SMILES string of the molecule is CC(N)(C(=O)NCc1ccc([N+](=O)[O-])cc1)C(F)(F)F. The molecular weight excluding hydrogens is 279 g/mol. The van der Waals surface area contributed by atoms with Crippen LogP contribution in [0, 0.1) is 10.1 Å². The van der Waals surface area contributed by atoms with Crippen molar-refractivity contribution in [2.24, 2.45) is 5.73 Å². The first-order valence-corrected chi connectivity index (χ1v) is 5.43. The van der Waals surface area contributed by atoms with Gasteiger partial charge in [-0.2, -0.15) is 13.2 Å². The van der Waals surface area contributed by atoms with Crippen LogP contribution in [0.1, 0.15) is 12.5 Å². The van der Waals surface area contributed by atoms with Gasteiger partial charge in [-0.05, 0) is 12.5 Å². The van der Waals surface area contributed by atoms with Crippen molar-refractivity contribution < 1.29 is 22.9 Å². The molecule has 0 heterocycles. The van der Waals surface area contributed by atoms with Crippen LogP contribution in [-0.2, 0) is 11.3 Å². The third-order valence-corrected chi connectivity index (χ3v) is 2.66. The Labute approximate surface area is 111 Å². The second kappa shape index (κ2) is 5.45. The number of amides is 1. The lowest BCUT2D eigenvalue weighted by Crippen LogP contribution is -2.61. The summed E-state index contributed by atoms with van der Waals surface area (Å²) in [6.45, 7) is 0.359. The molecule has 1 unspecified atom stereocenters. The van der Waals surface area contributed by atoms with Gasteiger partial charge in [0.2, 0.25) is 5.91 Å². The first kappa shape index (κ1) is 15.9. The molecule has 1 aromatic rings. The molecule has 0 aliphatic carbocycles. The van der Waals surface area contributed by atoms with E-state index in [9.17, 15) is 28.1 Å². The summed E-state index contributed by atoms with van der Waals surface area (Å²) in [5.74, 6) is -1.37. The molecule has 9 heteroatoms. The van der Waals surface area contributed by atoms with E-state index in [1.54, 1.807) is 0 Å². The number of halogens is 3. The lowest BCUT2D eigenvalue weighted by atomic mass is 10.0. The van der Waals surface area contributed by atoms with Gasteiger partial charge in [-0.25, -0.2) is 0 Å². The molecule has 1 atom stereocenters. The van der Waals surface area contributed by atoms with Crippen LogP contribution >= 0.6 is 0 Å². The molecule has 110 valence electrons. The maximum absolute atomic E-state index is 12.5. The molecule has 1 amide bonds. The highest BCUT2D eigenvalue weighted by Gasteiger charge is 2.53. The zero-order chi connectivity index (χ0) is 15.6. The number of hydrogen-bond donors (Lipinski definition) is 2. The van der Waals surface area contributed by atoms with Crippen molar-refractivity contribution in [3.05, 3.63) is 39.9 Å². The quantitative estimate of drug-likeness (QED) is 0.648. The number of nitrogens with two attached hydrogens (primary N) is 1. The lowest BCUT2D eigenvalue weighted by molar-refractivity contribution is -0.384. The molecule has 0 radical (unpaired) electrons. The van der Waals surface area contributed by atoms with Crippen molar-refractivity contribution in [3.8, 4) is 0 Å². The van der Waals surface area contributed by atoms with E-state index in [1.165, 1.54) is 24.3 Å². The molecule has 6 nitrogen and oxygen atoms in total. The van der Waals surface area contributed by atoms with Crippen molar-refractivity contribution >= 4 is 11.6 Å². The number of non-ortho nitro benzene ring substituents is 1. The van der Waals surface area contributed by atoms with Gasteiger partial charge in [0.1, 0.15) is 0 Å². The zero-order valence-corrected chi connectivity index (χ0v) is 10.4. The van der Waals surface area contributed by atoms with Crippen LogP contribution < -0.4 is 11.1 Å². The number of hydrogen-bond acceptors (Lipinski definition) is 4. The number of alkyl halides is 3. The van der Waals surface area contributed by atoms with E-state index < -0.39 is 22.5 Å². The number of nitro groups is 1. The van der Waals surface area contributed by atoms with Crippen molar-refractivity contribution in [1.82, 2.24) is 5.32 Å². The smallest absolute Gasteiger partial charge is 0.350 e. The normalized spacial score (nSPS) is 14.4. The Morgan fingerprint density at radius 3 is 2.25 bits per heavy atom. The number of nitrogens with one attached hydrogen (secondary N) is 1. The topological polar surface area (TPSA) is 98.3 Å². The fourth-order valence-corrected chi connectivity index (χ4v) is 1.23. The zero-order valence-electron chi connectivity index (χ0n) is 10.4. The Hall–Kier alpha value is -2.16. The predicted molar refractivity (Wildman–Crippen MR) is 63.6 cm³/mol. The number of benzene rings is 1. The molecule has 20 heavy (non-hydrogen) atoms. The standard InChI is InChI=1S/C11H12F3N3O3/c1-10(15,11(12,13)14)9(18)16-6-7-2-4-8(5-3-7)17(19)20/h2-5H,6,15H2,1H3,(H,16,18). The van der Waals surface area contributed by atoms with Crippen LogP contribution in [0.4, 0.5) is 18.9 Å². The van der Waals surface area contributed by atoms with Gasteiger partial charge in [0, 0.05) is 18.7 Å². The maximum atomic E-state index is 12.5. The van der Waals surface area contributed by atoms with Gasteiger partial charge in [0.25, 0.3) is 5.69 Å². The Morgan fingerprint density at radius 2 is 1.85 bits per heavy atom. The van der Waals surface area contributed by atoms with Crippen molar-refractivity contribution in [1.29, 1.82) is 0 Å². The van der Waals surface area contributed by atoms with E-state index >= 15 is 0 Å². The molecule has 0 saturated heterocycles. The van der Waals surface area contributed by atoms with E-state index in [1.807, 2.05) is 5.32 Å². The second-order valence-electron chi connectivity index (χ2n) is 4.31. The number of nitro benzene ring substituents is 1. The van der Waals surface area contributed by atoms with E-state index in [4.69, 9.17) is 5.73 Å². The second-order valence-corrected chi connectivity index (χ2v) is 4.31. The van der Waals surface area contributed by atoms with Gasteiger partial charge >= 0.3 is 6.18 Å². The first-order chi connectivity index (χ1) is 9.05. The Kier molecular flexibility index (Phi) is 4.33. The van der Waals surface area contributed by atoms with Crippen LogP contribution in [0.25, 0.3) is 0 Å². The molecule has 3 N–H and O–H groups in total. The number of carbonyl (C=O) groups is 1. The summed E-state index contributed by atoms with van der Waals surface area (Å²) in [4.78, 5) is 21.2. The third kappa shape index (κ3) is 3.44. The monoisotopic (exact) mass is 291 g/mol. The minimum atomic E-state index is -4.87.